The lowest BCUT2D eigenvalue weighted by molar-refractivity contribution is -0.134. The van der Waals surface area contributed by atoms with Gasteiger partial charge in [0, 0.05) is 95.1 Å². The van der Waals surface area contributed by atoms with Crippen molar-refractivity contribution in [1.29, 1.82) is 0 Å². The lowest BCUT2D eigenvalue weighted by atomic mass is 9.92. The van der Waals surface area contributed by atoms with Crippen LogP contribution in [0.5, 0.6) is 0 Å². The number of likely N-dealkylation sites (tertiary alicyclic amines) is 1. The Hall–Kier alpha value is -5.61. The van der Waals surface area contributed by atoms with Crippen molar-refractivity contribution in [3.63, 3.8) is 0 Å². The minimum atomic E-state index is -0.646. The third kappa shape index (κ3) is 6.53. The molecule has 10 rings (SSSR count). The SMILES string of the molecule is CN1CCN([C@@H]2CCCN(c3cnc(C(N)=O)c(Nc4ccc5c(c4)CN(C4CN(C[C@H]6Cc7ccc8c(C9CCC(=O)NC9=O)noc8c7C6)C4)C5)n3)C2)C1=O. The largest absolute Gasteiger partial charge is 0.364 e. The first-order chi connectivity index (χ1) is 27.6. The van der Waals surface area contributed by atoms with Crippen LogP contribution in [-0.4, -0.2) is 123 Å². The molecule has 5 aliphatic heterocycles. The number of aromatic nitrogens is 3. The van der Waals surface area contributed by atoms with Gasteiger partial charge in [0.15, 0.2) is 17.1 Å². The number of likely N-dealkylation sites (N-methyl/N-ethyl adjacent to an activating group) is 1. The maximum absolute atomic E-state index is 12.7. The summed E-state index contributed by atoms with van der Waals surface area (Å²) >= 11 is 0. The highest BCUT2D eigenvalue weighted by atomic mass is 16.5. The first kappa shape index (κ1) is 35.8. The standard InChI is InChI=1S/C41H47N11O5/c1-48-11-12-52(41(48)56)28-3-2-10-50(22-28)33-16-43-36(38(42)54)39(45-33)44-27-6-4-25-18-51(19-26(25)15-27)29-20-49(21-29)17-23-13-24-5-7-30-35(47-57-37(30)32(24)14-23)31-8-9-34(53)46-40(31)55/h4-7,15-16,23,28-29,31H,2-3,8-14,17-22H2,1H3,(H2,42,54)(H,44,45)(H,46,53,55)/t23-,28+,31?/m0/s1. The van der Waals surface area contributed by atoms with Crippen LogP contribution in [0, 0.1) is 5.92 Å². The van der Waals surface area contributed by atoms with Crippen LogP contribution in [0.4, 0.5) is 22.1 Å². The number of fused-ring (bicyclic) bond motifs is 4. The summed E-state index contributed by atoms with van der Waals surface area (Å²) in [5, 5.41) is 11.0. The Balaban J connectivity index is 0.752. The minimum Gasteiger partial charge on any atom is -0.364 e. The van der Waals surface area contributed by atoms with Gasteiger partial charge in [0.05, 0.1) is 18.2 Å². The van der Waals surface area contributed by atoms with Gasteiger partial charge in [-0.05, 0) is 72.9 Å². The zero-order valence-corrected chi connectivity index (χ0v) is 32.1. The van der Waals surface area contributed by atoms with Crippen LogP contribution in [0.25, 0.3) is 11.0 Å². The molecule has 6 aliphatic rings. The lowest BCUT2D eigenvalue weighted by Gasteiger charge is -2.45. The molecule has 57 heavy (non-hydrogen) atoms. The van der Waals surface area contributed by atoms with Crippen molar-refractivity contribution in [1.82, 2.24) is 40.0 Å². The molecule has 1 aliphatic carbocycles. The summed E-state index contributed by atoms with van der Waals surface area (Å²) < 4.78 is 5.86. The van der Waals surface area contributed by atoms with Crippen molar-refractivity contribution in [2.75, 3.05) is 63.1 Å². The van der Waals surface area contributed by atoms with Crippen LogP contribution in [0.15, 0.2) is 41.1 Å². The summed E-state index contributed by atoms with van der Waals surface area (Å²) in [7, 11) is 1.84. The van der Waals surface area contributed by atoms with Gasteiger partial charge in [0.25, 0.3) is 5.91 Å². The Morgan fingerprint density at radius 3 is 2.63 bits per heavy atom. The number of piperidine rings is 2. The predicted molar refractivity (Wildman–Crippen MR) is 210 cm³/mol. The van der Waals surface area contributed by atoms with Crippen molar-refractivity contribution in [2.45, 2.75) is 69.6 Å². The van der Waals surface area contributed by atoms with E-state index in [2.05, 4.69) is 53.7 Å². The number of carbonyl (C=O) groups is 4. The van der Waals surface area contributed by atoms with E-state index in [0.717, 1.165) is 94.7 Å². The zero-order valence-electron chi connectivity index (χ0n) is 32.1. The second kappa shape index (κ2) is 14.1. The fourth-order valence-electron chi connectivity index (χ4n) is 9.95. The number of benzene rings is 2. The summed E-state index contributed by atoms with van der Waals surface area (Å²) in [6.07, 6.45) is 6.15. The number of nitrogens with zero attached hydrogens (tertiary/aromatic N) is 8. The zero-order chi connectivity index (χ0) is 38.9. The number of nitrogens with one attached hydrogen (secondary N) is 2. The Morgan fingerprint density at radius 2 is 1.82 bits per heavy atom. The average Bonchev–Trinajstić information content (AvgIpc) is 3.98. The van der Waals surface area contributed by atoms with Crippen LogP contribution in [0.2, 0.25) is 0 Å². The smallest absolute Gasteiger partial charge is 0.320 e. The number of carbonyl (C=O) groups excluding carboxylic acids is 4. The van der Waals surface area contributed by atoms with Gasteiger partial charge < -0.3 is 30.3 Å². The number of hydrogen-bond acceptors (Lipinski definition) is 12. The molecule has 4 aromatic rings. The number of anilines is 3. The Morgan fingerprint density at radius 1 is 0.982 bits per heavy atom. The number of rotatable bonds is 9. The molecule has 0 spiro atoms. The molecule has 2 aromatic carbocycles. The van der Waals surface area contributed by atoms with E-state index < -0.39 is 11.8 Å². The maximum atomic E-state index is 12.7. The lowest BCUT2D eigenvalue weighted by Crippen LogP contribution is -2.58. The third-order valence-electron chi connectivity index (χ3n) is 13.0. The summed E-state index contributed by atoms with van der Waals surface area (Å²) in [5.74, 6) is -0.172. The van der Waals surface area contributed by atoms with Crippen molar-refractivity contribution >= 4 is 52.0 Å². The highest BCUT2D eigenvalue weighted by molar-refractivity contribution is 6.02. The van der Waals surface area contributed by atoms with E-state index in [9.17, 15) is 19.2 Å². The monoisotopic (exact) mass is 773 g/mol. The fraction of sp³-hybridized carbons (Fsp3) is 0.488. The van der Waals surface area contributed by atoms with Gasteiger partial charge in [-0.25, -0.2) is 14.8 Å². The Kier molecular flexibility index (Phi) is 8.85. The molecule has 16 heteroatoms. The van der Waals surface area contributed by atoms with Crippen LogP contribution < -0.4 is 21.3 Å². The second-order valence-corrected chi connectivity index (χ2v) is 16.7. The molecule has 4 saturated heterocycles. The van der Waals surface area contributed by atoms with Gasteiger partial charge in [-0.15, -0.1) is 0 Å². The predicted octanol–water partition coefficient (Wildman–Crippen LogP) is 2.73. The van der Waals surface area contributed by atoms with Gasteiger partial charge in [0.1, 0.15) is 11.5 Å². The topological polar surface area (TPSA) is 186 Å². The van der Waals surface area contributed by atoms with E-state index in [4.69, 9.17) is 15.2 Å². The molecule has 4 fully saturated rings. The molecule has 296 valence electrons. The molecule has 1 unspecified atom stereocenters. The molecule has 16 nitrogen and oxygen atoms in total. The maximum Gasteiger partial charge on any atom is 0.320 e. The number of hydrogen-bond donors (Lipinski definition) is 3. The van der Waals surface area contributed by atoms with E-state index in [1.54, 1.807) is 11.1 Å². The van der Waals surface area contributed by atoms with Crippen molar-refractivity contribution in [3.8, 4) is 0 Å². The molecular formula is C41H47N11O5. The molecular weight excluding hydrogens is 727 g/mol. The Bertz CT molecular complexity index is 2310. The molecule has 0 saturated carbocycles. The number of primary amides is 1. The Labute approximate surface area is 329 Å². The number of nitrogens with two attached hydrogens (primary N) is 1. The molecule has 7 heterocycles. The second-order valence-electron chi connectivity index (χ2n) is 16.7. The highest BCUT2D eigenvalue weighted by Crippen LogP contribution is 2.39. The molecule has 0 radical (unpaired) electrons. The highest BCUT2D eigenvalue weighted by Gasteiger charge is 2.39. The molecule has 0 bridgehead atoms. The molecule has 2 aromatic heterocycles. The molecule has 4 N–H and O–H groups in total. The summed E-state index contributed by atoms with van der Waals surface area (Å²) in [5.41, 5.74) is 13.1. The van der Waals surface area contributed by atoms with E-state index in [1.807, 2.05) is 24.1 Å². The van der Waals surface area contributed by atoms with Crippen molar-refractivity contribution in [3.05, 3.63) is 70.2 Å². The minimum absolute atomic E-state index is 0.0693. The van der Waals surface area contributed by atoms with E-state index in [1.165, 1.54) is 22.3 Å². The number of amides is 5. The number of imide groups is 1. The van der Waals surface area contributed by atoms with E-state index >= 15 is 0 Å². The fourth-order valence-corrected chi connectivity index (χ4v) is 9.95. The van der Waals surface area contributed by atoms with Crippen molar-refractivity contribution in [2.24, 2.45) is 11.7 Å². The van der Waals surface area contributed by atoms with Crippen LogP contribution in [-0.2, 0) is 35.5 Å². The van der Waals surface area contributed by atoms with Gasteiger partial charge in [0.2, 0.25) is 11.8 Å². The molecule has 5 amide bonds. The van der Waals surface area contributed by atoms with Gasteiger partial charge in [-0.3, -0.25) is 29.5 Å². The van der Waals surface area contributed by atoms with Crippen LogP contribution in [0.1, 0.15) is 70.0 Å². The van der Waals surface area contributed by atoms with Gasteiger partial charge in [-0.1, -0.05) is 17.3 Å². The summed E-state index contributed by atoms with van der Waals surface area (Å²) in [6, 6.07) is 11.2. The summed E-state index contributed by atoms with van der Waals surface area (Å²) in [4.78, 5) is 69.6. The third-order valence-corrected chi connectivity index (χ3v) is 13.0. The first-order valence-electron chi connectivity index (χ1n) is 20.2. The summed E-state index contributed by atoms with van der Waals surface area (Å²) in [6.45, 7) is 7.72. The van der Waals surface area contributed by atoms with Crippen LogP contribution >= 0.6 is 0 Å². The average molecular weight is 774 g/mol. The van der Waals surface area contributed by atoms with E-state index in [-0.39, 0.29) is 29.6 Å². The molecule has 3 atom stereocenters. The van der Waals surface area contributed by atoms with Crippen LogP contribution in [0.3, 0.4) is 0 Å². The van der Waals surface area contributed by atoms with Gasteiger partial charge >= 0.3 is 6.03 Å². The van der Waals surface area contributed by atoms with Gasteiger partial charge in [-0.2, -0.15) is 0 Å². The number of urea groups is 1. The van der Waals surface area contributed by atoms with E-state index in [0.29, 0.717) is 48.7 Å². The normalized spacial score (nSPS) is 24.3. The quantitative estimate of drug-likeness (QED) is 0.212. The first-order valence-corrected chi connectivity index (χ1v) is 20.2. The van der Waals surface area contributed by atoms with Crippen molar-refractivity contribution < 1.29 is 23.7 Å².